The van der Waals surface area contributed by atoms with Crippen molar-refractivity contribution in [2.24, 2.45) is 0 Å². The van der Waals surface area contributed by atoms with Crippen LogP contribution >= 0.6 is 22.7 Å². The van der Waals surface area contributed by atoms with Gasteiger partial charge >= 0.3 is 0 Å². The number of hydrogen-bond acceptors (Lipinski definition) is 2. The van der Waals surface area contributed by atoms with Gasteiger partial charge in [0, 0.05) is 19.2 Å². The Hall–Kier alpha value is -3.50. The average Bonchev–Trinajstić information content (AvgIpc) is 3.55. The van der Waals surface area contributed by atoms with E-state index in [9.17, 15) is 0 Å². The van der Waals surface area contributed by atoms with Crippen LogP contribution in [0.25, 0.3) is 41.7 Å². The molecule has 0 atom stereocenters. The lowest BCUT2D eigenvalue weighted by atomic mass is 9.90. The summed E-state index contributed by atoms with van der Waals surface area (Å²) < 4.78 is 2.75. The molecule has 0 radical (unpaired) electrons. The van der Waals surface area contributed by atoms with Crippen LogP contribution in [0, 0.1) is 13.8 Å². The molecule has 0 N–H and O–H groups in total. The van der Waals surface area contributed by atoms with E-state index in [-0.39, 0.29) is 0 Å². The van der Waals surface area contributed by atoms with Gasteiger partial charge in [-0.15, -0.1) is 22.7 Å². The molecule has 0 aliphatic carbocycles. The molecular weight excluding hydrogens is 525 g/mol. The normalized spacial score (nSPS) is 15.2. The maximum atomic E-state index is 2.59. The first-order valence-corrected chi connectivity index (χ1v) is 18.2. The average molecular weight is 555 g/mol. The summed E-state index contributed by atoms with van der Waals surface area (Å²) in [6.45, 7) is 9.84. The van der Waals surface area contributed by atoms with E-state index in [1.165, 1.54) is 63.3 Å². The van der Waals surface area contributed by atoms with Gasteiger partial charge in [-0.1, -0.05) is 110 Å². The van der Waals surface area contributed by atoms with Crippen molar-refractivity contribution >= 4 is 72.5 Å². The predicted octanol–water partition coefficient (Wildman–Crippen LogP) is 11.1. The van der Waals surface area contributed by atoms with Crippen LogP contribution in [-0.2, 0) is 0 Å². The van der Waals surface area contributed by atoms with Gasteiger partial charge in [0.15, 0.2) is 0 Å². The lowest BCUT2D eigenvalue weighted by molar-refractivity contribution is 1.55. The van der Waals surface area contributed by atoms with E-state index in [1.807, 2.05) is 22.7 Å². The zero-order valence-corrected chi connectivity index (χ0v) is 25.3. The molecule has 0 unspecified atom stereocenters. The van der Waals surface area contributed by atoms with Gasteiger partial charge in [0.25, 0.3) is 0 Å². The maximum Gasteiger partial charge on any atom is 0.117 e. The number of allylic oxidation sites excluding steroid dienone is 2. The van der Waals surface area contributed by atoms with Crippen molar-refractivity contribution < 1.29 is 0 Å². The monoisotopic (exact) mass is 554 g/mol. The van der Waals surface area contributed by atoms with Gasteiger partial charge in [-0.25, -0.2) is 0 Å². The molecular formula is C36H30S2Si. The Morgan fingerprint density at radius 3 is 1.21 bits per heavy atom. The first-order chi connectivity index (χ1) is 19.0. The largest absolute Gasteiger partial charge is 0.136 e. The van der Waals surface area contributed by atoms with Gasteiger partial charge in [0.05, 0.1) is 0 Å². The highest BCUT2D eigenvalue weighted by Crippen LogP contribution is 2.59. The minimum atomic E-state index is -2.18. The Balaban J connectivity index is 1.64. The van der Waals surface area contributed by atoms with Gasteiger partial charge < -0.3 is 0 Å². The Morgan fingerprint density at radius 1 is 0.462 bits per heavy atom. The number of aryl methyl sites for hydroxylation is 2. The van der Waals surface area contributed by atoms with Crippen LogP contribution in [0.3, 0.4) is 0 Å². The summed E-state index contributed by atoms with van der Waals surface area (Å²) >= 11 is 3.96. The fraction of sp³-hybridized carbons (Fsp3) is 0.111. The summed E-state index contributed by atoms with van der Waals surface area (Å²) in [6.07, 6.45) is 0. The second-order valence-corrected chi connectivity index (χ2v) is 17.3. The van der Waals surface area contributed by atoms with Crippen molar-refractivity contribution in [2.75, 3.05) is 0 Å². The molecule has 0 bridgehead atoms. The molecule has 1 aliphatic heterocycles. The minimum Gasteiger partial charge on any atom is -0.136 e. The van der Waals surface area contributed by atoms with E-state index < -0.39 is 8.07 Å². The van der Waals surface area contributed by atoms with Crippen molar-refractivity contribution in [1.29, 1.82) is 0 Å². The van der Waals surface area contributed by atoms with Crippen LogP contribution in [0.1, 0.15) is 32.0 Å². The molecule has 6 aromatic rings. The van der Waals surface area contributed by atoms with E-state index in [4.69, 9.17) is 0 Å². The molecule has 0 spiro atoms. The lowest BCUT2D eigenvalue weighted by Gasteiger charge is -2.26. The quantitative estimate of drug-likeness (QED) is 0.190. The zero-order chi connectivity index (χ0) is 26.7. The van der Waals surface area contributed by atoms with Crippen LogP contribution in [0.2, 0.25) is 13.1 Å². The summed E-state index contributed by atoms with van der Waals surface area (Å²) in [5.74, 6) is 0. The summed E-state index contributed by atoms with van der Waals surface area (Å²) in [5.41, 5.74) is 8.33. The highest BCUT2D eigenvalue weighted by molar-refractivity contribution is 7.27. The highest BCUT2D eigenvalue weighted by atomic mass is 32.1. The molecule has 0 saturated heterocycles. The Labute approximate surface area is 239 Å². The summed E-state index contributed by atoms with van der Waals surface area (Å²) in [4.78, 5) is 2.93. The van der Waals surface area contributed by atoms with Crippen LogP contribution in [-0.4, -0.2) is 8.07 Å². The van der Waals surface area contributed by atoms with Gasteiger partial charge in [-0.2, -0.15) is 0 Å². The van der Waals surface area contributed by atoms with Gasteiger partial charge in [-0.05, 0) is 80.5 Å². The standard InChI is InChI=1S/C36H30S2Si/c1-23-27-19-11-13-21-29(27)37-33(23)35-31(25-15-7-5-8-16-25)32(26-17-9-6-10-18-26)36(39(35,3)4)34-24(2)28-20-12-14-22-30(28)38-34/h5-22H,1-4H3. The molecule has 7 rings (SSSR count). The second kappa shape index (κ2) is 9.30. The third-order valence-electron chi connectivity index (χ3n) is 8.27. The predicted molar refractivity (Wildman–Crippen MR) is 177 cm³/mol. The van der Waals surface area contributed by atoms with E-state index in [0.717, 1.165) is 0 Å². The smallest absolute Gasteiger partial charge is 0.117 e. The number of rotatable bonds is 4. The van der Waals surface area contributed by atoms with Crippen LogP contribution in [0.15, 0.2) is 109 Å². The van der Waals surface area contributed by atoms with Crippen molar-refractivity contribution in [2.45, 2.75) is 26.9 Å². The van der Waals surface area contributed by atoms with Crippen molar-refractivity contribution in [3.05, 3.63) is 141 Å². The SMILES string of the molecule is Cc1c(C2=C(c3ccccc3)C(c3ccccc3)=C(c3sc4ccccc4c3C)[Si]2(C)C)sc2ccccc12. The van der Waals surface area contributed by atoms with Gasteiger partial charge in [-0.3, -0.25) is 0 Å². The first-order valence-electron chi connectivity index (χ1n) is 13.5. The zero-order valence-electron chi connectivity index (χ0n) is 22.7. The topological polar surface area (TPSA) is 0 Å². The Kier molecular flexibility index (Phi) is 5.85. The number of benzene rings is 4. The number of thiophene rings is 2. The molecule has 3 heterocycles. The minimum absolute atomic E-state index is 1.32. The summed E-state index contributed by atoms with van der Waals surface area (Å²) in [7, 11) is -2.18. The van der Waals surface area contributed by atoms with E-state index in [0.29, 0.717) is 0 Å². The fourth-order valence-corrected chi connectivity index (χ4v) is 14.1. The summed E-state index contributed by atoms with van der Waals surface area (Å²) in [5, 5.41) is 5.93. The second-order valence-electron chi connectivity index (χ2n) is 11.0. The van der Waals surface area contributed by atoms with E-state index in [1.54, 1.807) is 10.4 Å². The molecule has 2 aromatic heterocycles. The summed E-state index contributed by atoms with van der Waals surface area (Å²) in [6, 6.07) is 40.1. The molecule has 0 amide bonds. The van der Waals surface area contributed by atoms with E-state index >= 15 is 0 Å². The number of fused-ring (bicyclic) bond motifs is 2. The fourth-order valence-electron chi connectivity index (χ4n) is 6.41. The lowest BCUT2D eigenvalue weighted by Crippen LogP contribution is -2.28. The van der Waals surface area contributed by atoms with Crippen LogP contribution in [0.4, 0.5) is 0 Å². The Bertz CT molecular complexity index is 1790. The first kappa shape index (κ1) is 24.5. The highest BCUT2D eigenvalue weighted by Gasteiger charge is 2.46. The maximum absolute atomic E-state index is 2.59. The van der Waals surface area contributed by atoms with Gasteiger partial charge in [0.2, 0.25) is 0 Å². The van der Waals surface area contributed by atoms with Crippen molar-refractivity contribution in [1.82, 2.24) is 0 Å². The van der Waals surface area contributed by atoms with Crippen LogP contribution < -0.4 is 0 Å². The third kappa shape index (κ3) is 3.76. The van der Waals surface area contributed by atoms with Crippen LogP contribution in [0.5, 0.6) is 0 Å². The number of hydrogen-bond donors (Lipinski definition) is 0. The Morgan fingerprint density at radius 2 is 0.821 bits per heavy atom. The third-order valence-corrected chi connectivity index (χ3v) is 14.7. The molecule has 0 saturated carbocycles. The van der Waals surface area contributed by atoms with Crippen molar-refractivity contribution in [3.8, 4) is 0 Å². The molecule has 3 heteroatoms. The molecule has 0 nitrogen and oxygen atoms in total. The van der Waals surface area contributed by atoms with Crippen molar-refractivity contribution in [3.63, 3.8) is 0 Å². The molecule has 39 heavy (non-hydrogen) atoms. The molecule has 4 aromatic carbocycles. The molecule has 0 fully saturated rings. The molecule has 190 valence electrons. The van der Waals surface area contributed by atoms with E-state index in [2.05, 4.69) is 136 Å². The van der Waals surface area contributed by atoms with Gasteiger partial charge in [0.1, 0.15) is 8.07 Å². The molecule has 1 aliphatic rings.